The van der Waals surface area contributed by atoms with Gasteiger partial charge in [-0.25, -0.2) is 4.98 Å². The molecule has 0 aliphatic carbocycles. The van der Waals surface area contributed by atoms with Gasteiger partial charge in [0, 0.05) is 17.2 Å². The zero-order valence-corrected chi connectivity index (χ0v) is 14.0. The van der Waals surface area contributed by atoms with Crippen molar-refractivity contribution >= 4 is 39.8 Å². The molecule has 1 N–H and O–H groups in total. The molecule has 116 valence electrons. The number of carbonyl (C=O) groups is 1. The second-order valence-corrected chi connectivity index (χ2v) is 6.61. The van der Waals surface area contributed by atoms with Gasteiger partial charge in [-0.2, -0.15) is 0 Å². The summed E-state index contributed by atoms with van der Waals surface area (Å²) in [6.45, 7) is 0. The van der Waals surface area contributed by atoms with Crippen LogP contribution in [-0.2, 0) is 4.79 Å². The van der Waals surface area contributed by atoms with E-state index in [4.69, 9.17) is 4.74 Å². The third kappa shape index (κ3) is 4.06. The van der Waals surface area contributed by atoms with E-state index in [9.17, 15) is 4.79 Å². The lowest BCUT2D eigenvalue weighted by Gasteiger charge is -2.00. The van der Waals surface area contributed by atoms with Crippen LogP contribution < -0.4 is 10.1 Å². The van der Waals surface area contributed by atoms with Gasteiger partial charge in [0.15, 0.2) is 5.13 Å². The Morgan fingerprint density at radius 1 is 1.26 bits per heavy atom. The molecule has 4 nitrogen and oxygen atoms in total. The maximum absolute atomic E-state index is 11.9. The Morgan fingerprint density at radius 3 is 2.78 bits per heavy atom. The number of thiophene rings is 1. The summed E-state index contributed by atoms with van der Waals surface area (Å²) in [7, 11) is 1.64. The molecule has 0 fully saturated rings. The van der Waals surface area contributed by atoms with Crippen LogP contribution in [0.15, 0.2) is 54.1 Å². The van der Waals surface area contributed by atoms with Crippen molar-refractivity contribution < 1.29 is 9.53 Å². The molecule has 0 atom stereocenters. The number of rotatable bonds is 5. The molecule has 0 bridgehead atoms. The van der Waals surface area contributed by atoms with Crippen molar-refractivity contribution in [3.8, 4) is 16.2 Å². The van der Waals surface area contributed by atoms with E-state index < -0.39 is 0 Å². The highest BCUT2D eigenvalue weighted by atomic mass is 32.1. The number of ether oxygens (including phenoxy) is 1. The molecule has 2 aromatic heterocycles. The van der Waals surface area contributed by atoms with Crippen LogP contribution in [-0.4, -0.2) is 18.0 Å². The fourth-order valence-electron chi connectivity index (χ4n) is 1.91. The first-order valence-corrected chi connectivity index (χ1v) is 8.57. The zero-order valence-electron chi connectivity index (χ0n) is 12.4. The first-order chi connectivity index (χ1) is 11.2. The van der Waals surface area contributed by atoms with Crippen LogP contribution in [0.2, 0.25) is 0 Å². The van der Waals surface area contributed by atoms with Crippen LogP contribution in [0.5, 0.6) is 5.75 Å². The van der Waals surface area contributed by atoms with Crippen molar-refractivity contribution in [2.24, 2.45) is 0 Å². The lowest BCUT2D eigenvalue weighted by atomic mass is 10.2. The van der Waals surface area contributed by atoms with Crippen LogP contribution in [0.25, 0.3) is 16.5 Å². The first-order valence-electron chi connectivity index (χ1n) is 6.87. The predicted molar refractivity (Wildman–Crippen MR) is 96.1 cm³/mol. The van der Waals surface area contributed by atoms with Crippen LogP contribution in [0, 0.1) is 0 Å². The number of hydrogen-bond acceptors (Lipinski definition) is 5. The summed E-state index contributed by atoms with van der Waals surface area (Å²) in [5.74, 6) is 0.625. The molecule has 0 unspecified atom stereocenters. The average molecular weight is 342 g/mol. The fourth-order valence-corrected chi connectivity index (χ4v) is 3.35. The number of methoxy groups -OCH3 is 1. The third-order valence-corrected chi connectivity index (χ3v) is 4.85. The fraction of sp³-hybridized carbons (Fsp3) is 0.0588. The second kappa shape index (κ2) is 7.21. The number of anilines is 1. The van der Waals surface area contributed by atoms with Crippen molar-refractivity contribution in [3.63, 3.8) is 0 Å². The van der Waals surface area contributed by atoms with Gasteiger partial charge in [0.1, 0.15) is 5.75 Å². The Labute approximate surface area is 142 Å². The lowest BCUT2D eigenvalue weighted by molar-refractivity contribution is -0.111. The molecule has 1 amide bonds. The van der Waals surface area contributed by atoms with Gasteiger partial charge in [0.05, 0.1) is 12.0 Å². The van der Waals surface area contributed by atoms with Gasteiger partial charge < -0.3 is 4.74 Å². The number of hydrogen-bond donors (Lipinski definition) is 1. The van der Waals surface area contributed by atoms with E-state index in [0.717, 1.165) is 21.1 Å². The van der Waals surface area contributed by atoms with E-state index >= 15 is 0 Å². The van der Waals surface area contributed by atoms with E-state index in [1.807, 2.05) is 41.8 Å². The monoisotopic (exact) mass is 342 g/mol. The molecular formula is C17H14N2O2S2. The maximum atomic E-state index is 11.9. The van der Waals surface area contributed by atoms with E-state index in [0.29, 0.717) is 5.13 Å². The summed E-state index contributed by atoms with van der Waals surface area (Å²) in [6.07, 6.45) is 5.06. The van der Waals surface area contributed by atoms with Crippen molar-refractivity contribution in [2.75, 3.05) is 12.4 Å². The van der Waals surface area contributed by atoms with Crippen molar-refractivity contribution in [3.05, 3.63) is 58.9 Å². The number of nitrogens with zero attached hydrogens (tertiary/aromatic N) is 1. The van der Waals surface area contributed by atoms with Gasteiger partial charge in [-0.1, -0.05) is 17.4 Å². The standard InChI is InChI=1S/C17H14N2O2S2/c1-21-13-6-4-12(5-7-13)15-11-18-17(23-15)19-16(20)9-8-14-3-2-10-22-14/h2-11H,1H3,(H,18,19,20). The van der Waals surface area contributed by atoms with Gasteiger partial charge in [-0.3, -0.25) is 10.1 Å². The topological polar surface area (TPSA) is 51.2 Å². The molecule has 0 spiro atoms. The molecule has 6 heteroatoms. The number of amides is 1. The summed E-state index contributed by atoms with van der Waals surface area (Å²) in [5.41, 5.74) is 1.04. The van der Waals surface area contributed by atoms with Crippen LogP contribution in [0.4, 0.5) is 5.13 Å². The van der Waals surface area contributed by atoms with E-state index in [2.05, 4.69) is 10.3 Å². The lowest BCUT2D eigenvalue weighted by Crippen LogP contribution is -2.06. The van der Waals surface area contributed by atoms with E-state index in [-0.39, 0.29) is 5.91 Å². The van der Waals surface area contributed by atoms with E-state index in [1.54, 1.807) is 30.7 Å². The molecule has 3 rings (SSSR count). The molecule has 1 aromatic carbocycles. The highest BCUT2D eigenvalue weighted by Crippen LogP contribution is 2.30. The number of aromatic nitrogens is 1. The Morgan fingerprint density at radius 2 is 2.09 bits per heavy atom. The number of thiazole rings is 1. The van der Waals surface area contributed by atoms with Gasteiger partial charge in [0.25, 0.3) is 0 Å². The van der Waals surface area contributed by atoms with Crippen molar-refractivity contribution in [2.45, 2.75) is 0 Å². The van der Waals surface area contributed by atoms with Gasteiger partial charge in [0.2, 0.25) is 5.91 Å². The third-order valence-electron chi connectivity index (χ3n) is 3.05. The highest BCUT2D eigenvalue weighted by Gasteiger charge is 2.06. The summed E-state index contributed by atoms with van der Waals surface area (Å²) >= 11 is 3.02. The van der Waals surface area contributed by atoms with Gasteiger partial charge in [-0.15, -0.1) is 11.3 Å². The molecule has 0 saturated heterocycles. The summed E-state index contributed by atoms with van der Waals surface area (Å²) in [4.78, 5) is 18.2. The zero-order chi connectivity index (χ0) is 16.1. The molecule has 0 aliphatic rings. The first kappa shape index (κ1) is 15.5. The average Bonchev–Trinajstić information content (AvgIpc) is 3.25. The molecule has 0 aliphatic heterocycles. The molecular weight excluding hydrogens is 328 g/mol. The SMILES string of the molecule is COc1ccc(-c2cnc(NC(=O)C=Cc3cccs3)s2)cc1. The smallest absolute Gasteiger partial charge is 0.250 e. The number of nitrogens with one attached hydrogen (secondary N) is 1. The minimum Gasteiger partial charge on any atom is -0.497 e. The molecule has 23 heavy (non-hydrogen) atoms. The number of benzene rings is 1. The van der Waals surface area contributed by atoms with Crippen LogP contribution in [0.3, 0.4) is 0 Å². The van der Waals surface area contributed by atoms with Crippen molar-refractivity contribution in [1.29, 1.82) is 0 Å². The number of carbonyl (C=O) groups excluding carboxylic acids is 1. The van der Waals surface area contributed by atoms with Crippen LogP contribution >= 0.6 is 22.7 Å². The summed E-state index contributed by atoms with van der Waals surface area (Å²) < 4.78 is 5.14. The van der Waals surface area contributed by atoms with Gasteiger partial charge >= 0.3 is 0 Å². The quantitative estimate of drug-likeness (QED) is 0.693. The molecule has 0 saturated carbocycles. The minimum atomic E-state index is -0.186. The molecule has 0 radical (unpaired) electrons. The van der Waals surface area contributed by atoms with Crippen molar-refractivity contribution in [1.82, 2.24) is 4.98 Å². The summed E-state index contributed by atoms with van der Waals surface area (Å²) in [6, 6.07) is 11.6. The normalized spacial score (nSPS) is 10.8. The van der Waals surface area contributed by atoms with Gasteiger partial charge in [-0.05, 0) is 47.4 Å². The second-order valence-electron chi connectivity index (χ2n) is 4.60. The Bertz CT molecular complexity index is 806. The maximum Gasteiger partial charge on any atom is 0.250 e. The largest absolute Gasteiger partial charge is 0.497 e. The highest BCUT2D eigenvalue weighted by molar-refractivity contribution is 7.19. The minimum absolute atomic E-state index is 0.186. The van der Waals surface area contributed by atoms with Crippen LogP contribution in [0.1, 0.15) is 4.88 Å². The van der Waals surface area contributed by atoms with E-state index in [1.165, 1.54) is 17.4 Å². The predicted octanol–water partition coefficient (Wildman–Crippen LogP) is 4.53. The Balaban J connectivity index is 1.65. The molecule has 3 aromatic rings. The Hall–Kier alpha value is -2.44. The Kier molecular flexibility index (Phi) is 4.85. The summed E-state index contributed by atoms with van der Waals surface area (Å²) in [5, 5.41) is 5.33. The molecule has 2 heterocycles.